The third kappa shape index (κ3) is 23.2. The van der Waals surface area contributed by atoms with E-state index in [1.807, 2.05) is 138 Å². The molecule has 10 fully saturated rings. The molecule has 27 nitrogen and oxygen atoms in total. The van der Waals surface area contributed by atoms with E-state index in [0.29, 0.717) is 137 Å². The van der Waals surface area contributed by atoms with Crippen LogP contribution in [-0.4, -0.2) is 195 Å². The topological polar surface area (TPSA) is 324 Å². The van der Waals surface area contributed by atoms with Gasteiger partial charge in [0.05, 0.1) is 111 Å². The van der Waals surface area contributed by atoms with Gasteiger partial charge in [0.1, 0.15) is 71.0 Å². The molecule has 22 atom stereocenters. The average Bonchev–Trinajstić information content (AvgIpc) is 1.60. The predicted molar refractivity (Wildman–Crippen MR) is 494 cm³/mol. The third-order valence-electron chi connectivity index (χ3n) is 31.9. The summed E-state index contributed by atoms with van der Waals surface area (Å²) in [5.41, 5.74) is 5.12. The Bertz CT molecular complexity index is 5230. The van der Waals surface area contributed by atoms with E-state index in [1.54, 1.807) is 36.0 Å². The summed E-state index contributed by atoms with van der Waals surface area (Å²) in [5, 5.41) is 0. The number of carbonyl (C=O) groups excluding carboxylic acids is 9. The van der Waals surface area contributed by atoms with Crippen molar-refractivity contribution in [3.8, 4) is 34.9 Å². The van der Waals surface area contributed by atoms with Crippen LogP contribution in [0.1, 0.15) is 254 Å². The number of carbonyl (C=O) groups is 6. The van der Waals surface area contributed by atoms with Crippen LogP contribution in [0.25, 0.3) is 33.1 Å². The van der Waals surface area contributed by atoms with Gasteiger partial charge in [0.2, 0.25) is 35.4 Å². The number of fused-ring (bicyclic) bond motifs is 18. The summed E-state index contributed by atoms with van der Waals surface area (Å²) in [6, 6.07) is 14.6. The quantitative estimate of drug-likeness (QED) is 0.0776. The minimum Gasteiger partial charge on any atom is -0.540 e. The number of methoxy groups -OCH3 is 3. The molecule has 7 saturated carbocycles. The van der Waals surface area contributed by atoms with Crippen LogP contribution < -0.4 is 28.4 Å². The van der Waals surface area contributed by atoms with Crippen molar-refractivity contribution in [2.75, 3.05) is 41.0 Å². The van der Waals surface area contributed by atoms with Crippen molar-refractivity contribution in [1.82, 2.24) is 44.6 Å². The molecule has 0 unspecified atom stereocenters. The minimum absolute atomic E-state index is 0. The van der Waals surface area contributed by atoms with E-state index in [9.17, 15) is 43.2 Å². The molecule has 3 aromatic heterocycles. The summed E-state index contributed by atoms with van der Waals surface area (Å²) in [6.07, 6.45) is 28.1. The summed E-state index contributed by atoms with van der Waals surface area (Å²) in [5.74, 6) is 3.79. The zero-order valence-corrected chi connectivity index (χ0v) is 85.7. The molecular formula is C105H138N9O18V3-3. The Kier molecular flexibility index (Phi) is 34.2. The number of rotatable bonds is 8. The standard InChI is InChI=1S/3C35H46N3O6.3V/c1-20-29(19-39)38-18-31(20)44-33-27(36-26-12-11-23(42-5)16-28(26)37-33)10-8-6-7-9-24-22-13-21(14-22)15-30(24)43-32(40)17-25(34(38)41)35(2,3)4;1-6-22-29(19-39)38-18-31(22)44-33-27(36-26-13-12-21(42-5)16-28(26)37-33)11-9-7-8-10-23-24-14-20(24)15-30(23)43-32(40)17-25(34(38)41)35(2,3)4;1-6-23-29(19-39)38-18-30(23)43-33-27(36-26-13-12-22(42-5)16-28(26)37-33)11-9-7-8-10-20-14-21-15-24(21)32(20)44-31(40)17-25(34(38)41)35(2,3)4;;;/h11-12,16,20-22,24-25,29-31H,6-10,13-15,17-18H2,1-5H3;12-13,16,20,22-25,29-31H,6-11,14-15,17-18H2,1-5H3;12-13,16,20-21,23-25,29-30,32H,6-11,14-15,17-18H2,1-5H3;;;/q3*-1;;;/t20-,21?,22?,24+,25+,29+,30+,31-;20-,22+,23-,24-,25-,29-,30-,31+;20-,21-,23+,24+,25-,29-,30+,32+;;;/m011.../s1. The van der Waals surface area contributed by atoms with Gasteiger partial charge in [-0.3, -0.25) is 28.8 Å². The van der Waals surface area contributed by atoms with Gasteiger partial charge >= 0.3 is 17.9 Å². The zero-order valence-electron chi connectivity index (χ0n) is 81.5. The molecule has 30 heteroatoms. The zero-order chi connectivity index (χ0) is 93.5. The fourth-order valence-electron chi connectivity index (χ4n) is 23.9. The van der Waals surface area contributed by atoms with E-state index < -0.39 is 70.4 Å². The molecule has 3 aromatic carbocycles. The minimum atomic E-state index is -0.790. The molecule has 0 N–H and O–H groups in total. The number of amides is 3. The van der Waals surface area contributed by atoms with Gasteiger partial charge in [-0.1, -0.05) is 153 Å². The predicted octanol–water partition coefficient (Wildman–Crippen LogP) is 16.4. The molecule has 729 valence electrons. The third-order valence-corrected chi connectivity index (χ3v) is 31.9. The van der Waals surface area contributed by atoms with Crippen molar-refractivity contribution in [3.63, 3.8) is 0 Å². The number of benzene rings is 3. The second kappa shape index (κ2) is 44.3. The molecule has 9 heterocycles. The van der Waals surface area contributed by atoms with Gasteiger partial charge in [-0.15, -0.1) is 0 Å². The fourth-order valence-corrected chi connectivity index (χ4v) is 23.9. The monoisotopic (exact) mass is 1970 g/mol. The van der Waals surface area contributed by atoms with Crippen LogP contribution in [0.4, 0.5) is 0 Å². The molecule has 3 saturated heterocycles. The normalized spacial score (nSPS) is 32.2. The second-order valence-electron chi connectivity index (χ2n) is 43.5. The molecule has 13 aliphatic rings. The smallest absolute Gasteiger partial charge is 0.306 e. The largest absolute Gasteiger partial charge is 0.540 e. The van der Waals surface area contributed by atoms with Crippen molar-refractivity contribution in [3.05, 3.63) is 71.7 Å². The van der Waals surface area contributed by atoms with Crippen LogP contribution in [0.5, 0.6) is 34.9 Å². The molecule has 8 bridgehead atoms. The summed E-state index contributed by atoms with van der Waals surface area (Å²) in [7, 11) is 4.85. The Morgan fingerprint density at radius 2 is 0.733 bits per heavy atom. The van der Waals surface area contributed by atoms with Crippen molar-refractivity contribution >= 4 is 87.6 Å². The number of aromatic nitrogens is 6. The van der Waals surface area contributed by atoms with Crippen molar-refractivity contribution < 1.29 is 141 Å². The van der Waals surface area contributed by atoms with Gasteiger partial charge in [0, 0.05) is 73.9 Å². The van der Waals surface area contributed by atoms with Crippen LogP contribution in [0.2, 0.25) is 0 Å². The SMILES string of the molecule is CC[C@@H]1[C@@H]2CN(C(=O)[C@H](C(C)(C)C)CC(=O)O[C@@H]3C[C@H]4C[C@H]4[C@H]3CCCCCc3nc4ccc(OC)cc4nc3O2)[C@@H]1[C-]=O.CC[C@@H]1[C@@H]2CN(C(=O)[C@H](C(C)(C)C)CC(=O)O[C@H]3[C@H](CCCCCc4nc5ccc(OC)cc5nc4O2)C[C@@H]2C[C@@H]23)[C@@H]1[C-]=O.COc1ccc2nc3c(nc2c1)O[C@H]1CN(C(=O)[C@H](C(C)(C)C)CC(=O)O[C@@H]2CC4CC(C4)[C@H]2CCCCC3)[C@H]([C-]=O)[C@@H]1C.[V].[V].[V]. The molecule has 3 amide bonds. The van der Waals surface area contributed by atoms with Gasteiger partial charge in [0.25, 0.3) is 0 Å². The first kappa shape index (κ1) is 104. The summed E-state index contributed by atoms with van der Waals surface area (Å²) in [4.78, 5) is 154. The van der Waals surface area contributed by atoms with Gasteiger partial charge in [-0.25, -0.2) is 48.8 Å². The first-order valence-electron chi connectivity index (χ1n) is 49.4. The fraction of sp³-hybridized carbons (Fsp3) is 0.686. The maximum atomic E-state index is 14.3. The molecule has 7 aliphatic carbocycles. The summed E-state index contributed by atoms with van der Waals surface area (Å²) >= 11 is 0. The average molecular weight is 1970 g/mol. The number of esters is 3. The Morgan fingerprint density at radius 3 is 1.14 bits per heavy atom. The Morgan fingerprint density at radius 1 is 0.370 bits per heavy atom. The van der Waals surface area contributed by atoms with Crippen molar-refractivity contribution in [1.29, 1.82) is 0 Å². The van der Waals surface area contributed by atoms with E-state index in [-0.39, 0.29) is 166 Å². The molecule has 0 spiro atoms. The van der Waals surface area contributed by atoms with Crippen LogP contribution >= 0.6 is 0 Å². The van der Waals surface area contributed by atoms with E-state index >= 15 is 0 Å². The molecular weight excluding hydrogens is 1830 g/mol. The number of hydrogen-bond acceptors (Lipinski definition) is 24. The Labute approximate surface area is 831 Å². The number of nitrogens with zero attached hydrogens (tertiary/aromatic N) is 9. The number of aryl methyl sites for hydroxylation is 3. The molecule has 3 radical (unpaired) electrons. The summed E-state index contributed by atoms with van der Waals surface area (Å²) < 4.78 is 54.6. The molecule has 6 aromatic rings. The maximum Gasteiger partial charge on any atom is 0.306 e. The van der Waals surface area contributed by atoms with Gasteiger partial charge < -0.3 is 71.7 Å². The number of hydrogen-bond donors (Lipinski definition) is 0. The molecule has 135 heavy (non-hydrogen) atoms. The number of ether oxygens (including phenoxy) is 9. The van der Waals surface area contributed by atoms with Gasteiger partial charge in [0.15, 0.2) is 0 Å². The maximum absolute atomic E-state index is 14.3. The van der Waals surface area contributed by atoms with Crippen LogP contribution in [0.15, 0.2) is 54.6 Å². The first-order chi connectivity index (χ1) is 63.3. The second-order valence-corrected chi connectivity index (χ2v) is 43.5. The van der Waals surface area contributed by atoms with Crippen molar-refractivity contribution in [2.24, 2.45) is 105 Å². The first-order valence-corrected chi connectivity index (χ1v) is 49.4. The van der Waals surface area contributed by atoms with E-state index in [4.69, 9.17) is 72.5 Å². The molecule has 19 rings (SSSR count). The van der Waals surface area contributed by atoms with E-state index in [1.165, 1.54) is 19.3 Å². The van der Waals surface area contributed by atoms with Crippen molar-refractivity contribution in [2.45, 2.75) is 311 Å². The van der Waals surface area contributed by atoms with E-state index in [2.05, 4.69) is 18.9 Å². The van der Waals surface area contributed by atoms with Gasteiger partial charge in [-0.05, 0) is 226 Å². The van der Waals surface area contributed by atoms with Crippen LogP contribution in [-0.2, 0) is 132 Å². The van der Waals surface area contributed by atoms with Crippen LogP contribution in [0.3, 0.4) is 0 Å². The molecule has 6 aliphatic heterocycles. The van der Waals surface area contributed by atoms with Gasteiger partial charge in [-0.2, -0.15) is 0 Å². The van der Waals surface area contributed by atoms with E-state index in [0.717, 1.165) is 136 Å². The Hall–Kier alpha value is -7.94. The van der Waals surface area contributed by atoms with Crippen LogP contribution in [0, 0.1) is 105 Å². The Balaban J connectivity index is 0.000000170. The summed E-state index contributed by atoms with van der Waals surface area (Å²) in [6.45, 7) is 24.2.